The van der Waals surface area contributed by atoms with Crippen LogP contribution in [0.5, 0.6) is 5.75 Å². The van der Waals surface area contributed by atoms with Gasteiger partial charge < -0.3 is 10.1 Å². The van der Waals surface area contributed by atoms with Crippen molar-refractivity contribution in [3.05, 3.63) is 28.2 Å². The van der Waals surface area contributed by atoms with E-state index in [9.17, 15) is 9.59 Å². The predicted molar refractivity (Wildman–Crippen MR) is 84.3 cm³/mol. The molecule has 0 aliphatic rings. The van der Waals surface area contributed by atoms with Gasteiger partial charge in [-0.2, -0.15) is 5.10 Å². The van der Waals surface area contributed by atoms with E-state index in [2.05, 4.69) is 31.8 Å². The van der Waals surface area contributed by atoms with E-state index in [1.54, 1.807) is 26.0 Å². The van der Waals surface area contributed by atoms with Gasteiger partial charge in [0.2, 0.25) is 0 Å². The maximum Gasteiger partial charge on any atom is 0.329 e. The molecule has 0 aromatic heterocycles. The normalized spacial score (nSPS) is 10.7. The van der Waals surface area contributed by atoms with Crippen molar-refractivity contribution in [1.82, 2.24) is 10.7 Å². The molecular formula is C14H18BrN3O3. The van der Waals surface area contributed by atoms with Gasteiger partial charge in [0, 0.05) is 16.1 Å². The van der Waals surface area contributed by atoms with Crippen molar-refractivity contribution in [2.24, 2.45) is 5.10 Å². The number of nitrogens with zero attached hydrogens (tertiary/aromatic N) is 1. The average Bonchev–Trinajstić information content (AvgIpc) is 2.41. The average molecular weight is 356 g/mol. The molecule has 21 heavy (non-hydrogen) atoms. The Balaban J connectivity index is 2.70. The fourth-order valence-electron chi connectivity index (χ4n) is 1.45. The Morgan fingerprint density at radius 1 is 1.38 bits per heavy atom. The molecule has 0 aliphatic heterocycles. The van der Waals surface area contributed by atoms with Crippen LogP contribution in [0.4, 0.5) is 0 Å². The highest BCUT2D eigenvalue weighted by atomic mass is 79.9. The van der Waals surface area contributed by atoms with Crippen molar-refractivity contribution in [1.29, 1.82) is 0 Å². The summed E-state index contributed by atoms with van der Waals surface area (Å²) in [5.41, 5.74) is 2.86. The highest BCUT2D eigenvalue weighted by Crippen LogP contribution is 2.21. The Bertz CT molecular complexity index is 544. The largest absolute Gasteiger partial charge is 0.493 e. The molecule has 2 amide bonds. The minimum atomic E-state index is -0.812. The quantitative estimate of drug-likeness (QED) is 0.480. The third-order valence-electron chi connectivity index (χ3n) is 2.27. The number of carbonyl (C=O) groups excluding carboxylic acids is 2. The second-order valence-corrected chi connectivity index (χ2v) is 5.36. The van der Waals surface area contributed by atoms with Crippen molar-refractivity contribution < 1.29 is 14.3 Å². The number of carbonyl (C=O) groups is 2. The number of benzene rings is 1. The number of rotatable bonds is 5. The van der Waals surface area contributed by atoms with Gasteiger partial charge in [-0.3, -0.25) is 9.59 Å². The van der Waals surface area contributed by atoms with Gasteiger partial charge in [0.1, 0.15) is 5.75 Å². The summed E-state index contributed by atoms with van der Waals surface area (Å²) in [5.74, 6) is -0.889. The maximum absolute atomic E-state index is 11.5. The van der Waals surface area contributed by atoms with Crippen LogP contribution in [-0.2, 0) is 9.59 Å². The molecule has 0 atom stereocenters. The van der Waals surface area contributed by atoms with Gasteiger partial charge in [-0.05, 0) is 39.0 Å². The van der Waals surface area contributed by atoms with Crippen LogP contribution in [0, 0.1) is 0 Å². The van der Waals surface area contributed by atoms with E-state index >= 15 is 0 Å². The zero-order valence-corrected chi connectivity index (χ0v) is 13.7. The molecule has 0 fully saturated rings. The number of nitrogens with one attached hydrogen (secondary N) is 2. The van der Waals surface area contributed by atoms with Gasteiger partial charge in [-0.15, -0.1) is 0 Å². The zero-order valence-electron chi connectivity index (χ0n) is 12.1. The summed E-state index contributed by atoms with van der Waals surface area (Å²) in [6.07, 6.45) is 1.43. The maximum atomic E-state index is 11.5. The number of halogens is 1. The van der Waals surface area contributed by atoms with Crippen molar-refractivity contribution in [2.75, 3.05) is 6.61 Å². The van der Waals surface area contributed by atoms with Crippen LogP contribution in [0.2, 0.25) is 0 Å². The van der Waals surface area contributed by atoms with Gasteiger partial charge in [0.15, 0.2) is 0 Å². The molecule has 6 nitrogen and oxygen atoms in total. The Hall–Kier alpha value is -1.89. The summed E-state index contributed by atoms with van der Waals surface area (Å²) in [4.78, 5) is 22.9. The molecule has 1 aromatic rings. The Kier molecular flexibility index (Phi) is 6.87. The van der Waals surface area contributed by atoms with Crippen LogP contribution >= 0.6 is 15.9 Å². The van der Waals surface area contributed by atoms with E-state index < -0.39 is 11.8 Å². The van der Waals surface area contributed by atoms with E-state index in [1.165, 1.54) is 6.21 Å². The van der Waals surface area contributed by atoms with Gasteiger partial charge >= 0.3 is 11.8 Å². The van der Waals surface area contributed by atoms with Crippen molar-refractivity contribution in [2.45, 2.75) is 26.8 Å². The molecule has 1 aromatic carbocycles. The third kappa shape index (κ3) is 5.95. The van der Waals surface area contributed by atoms with E-state index in [1.807, 2.05) is 13.0 Å². The summed E-state index contributed by atoms with van der Waals surface area (Å²) in [6, 6.07) is 5.33. The number of amides is 2. The SMILES string of the molecule is CCOc1ccc(Br)cc1/C=N\NC(=O)C(=O)NC(C)C. The Morgan fingerprint density at radius 3 is 2.71 bits per heavy atom. The molecule has 0 unspecified atom stereocenters. The second kappa shape index (κ2) is 8.41. The topological polar surface area (TPSA) is 79.8 Å². The molecule has 0 aliphatic carbocycles. The lowest BCUT2D eigenvalue weighted by molar-refractivity contribution is -0.139. The first-order chi connectivity index (χ1) is 9.93. The fourth-order valence-corrected chi connectivity index (χ4v) is 1.82. The number of hydrogen-bond donors (Lipinski definition) is 2. The van der Waals surface area contributed by atoms with Crippen LogP contribution in [-0.4, -0.2) is 30.7 Å². The summed E-state index contributed by atoms with van der Waals surface area (Å²) in [5, 5.41) is 6.24. The minimum Gasteiger partial charge on any atom is -0.493 e. The molecular weight excluding hydrogens is 338 g/mol. The lowest BCUT2D eigenvalue weighted by atomic mass is 10.2. The standard InChI is InChI=1S/C14H18BrN3O3/c1-4-21-12-6-5-11(15)7-10(12)8-16-18-14(20)13(19)17-9(2)3/h5-9H,4H2,1-3H3,(H,17,19)(H,18,20)/b16-8-. The summed E-state index contributed by atoms with van der Waals surface area (Å²) < 4.78 is 6.30. The molecule has 114 valence electrons. The van der Waals surface area contributed by atoms with E-state index in [0.29, 0.717) is 17.9 Å². The van der Waals surface area contributed by atoms with Crippen LogP contribution in [0.1, 0.15) is 26.3 Å². The number of ether oxygens (including phenoxy) is 1. The van der Waals surface area contributed by atoms with Gasteiger partial charge in [-0.25, -0.2) is 5.43 Å². The fraction of sp³-hybridized carbons (Fsp3) is 0.357. The lowest BCUT2D eigenvalue weighted by Crippen LogP contribution is -2.41. The van der Waals surface area contributed by atoms with Crippen LogP contribution in [0.25, 0.3) is 0 Å². The van der Waals surface area contributed by atoms with Crippen LogP contribution < -0.4 is 15.5 Å². The molecule has 2 N–H and O–H groups in total. The summed E-state index contributed by atoms with van der Waals surface area (Å²) in [6.45, 7) is 5.93. The smallest absolute Gasteiger partial charge is 0.329 e. The molecule has 0 saturated carbocycles. The van der Waals surface area contributed by atoms with Gasteiger partial charge in [0.25, 0.3) is 0 Å². The number of hydrogen-bond acceptors (Lipinski definition) is 4. The van der Waals surface area contributed by atoms with Crippen molar-refractivity contribution in [3.63, 3.8) is 0 Å². The van der Waals surface area contributed by atoms with Gasteiger partial charge in [0.05, 0.1) is 12.8 Å². The monoisotopic (exact) mass is 355 g/mol. The summed E-state index contributed by atoms with van der Waals surface area (Å²) >= 11 is 3.35. The summed E-state index contributed by atoms with van der Waals surface area (Å²) in [7, 11) is 0. The van der Waals surface area contributed by atoms with Crippen molar-refractivity contribution in [3.8, 4) is 5.75 Å². The molecule has 0 radical (unpaired) electrons. The van der Waals surface area contributed by atoms with E-state index in [4.69, 9.17) is 4.74 Å². The van der Waals surface area contributed by atoms with Crippen LogP contribution in [0.3, 0.4) is 0 Å². The Morgan fingerprint density at radius 2 is 2.10 bits per heavy atom. The molecule has 0 saturated heterocycles. The first-order valence-corrected chi connectivity index (χ1v) is 7.29. The zero-order chi connectivity index (χ0) is 15.8. The van der Waals surface area contributed by atoms with Crippen molar-refractivity contribution >= 4 is 34.0 Å². The Labute approximate surface area is 132 Å². The predicted octanol–water partition coefficient (Wildman–Crippen LogP) is 1.82. The highest BCUT2D eigenvalue weighted by molar-refractivity contribution is 9.10. The van der Waals surface area contributed by atoms with Gasteiger partial charge in [-0.1, -0.05) is 15.9 Å². The number of hydrazone groups is 1. The van der Waals surface area contributed by atoms with Crippen LogP contribution in [0.15, 0.2) is 27.8 Å². The lowest BCUT2D eigenvalue weighted by Gasteiger charge is -2.07. The first-order valence-electron chi connectivity index (χ1n) is 6.50. The molecule has 0 heterocycles. The minimum absolute atomic E-state index is 0.109. The van der Waals surface area contributed by atoms with E-state index in [-0.39, 0.29) is 6.04 Å². The molecule has 0 spiro atoms. The van der Waals surface area contributed by atoms with E-state index in [0.717, 1.165) is 4.47 Å². The molecule has 1 rings (SSSR count). The third-order valence-corrected chi connectivity index (χ3v) is 2.76. The second-order valence-electron chi connectivity index (χ2n) is 4.44. The molecule has 7 heteroatoms. The first kappa shape index (κ1) is 17.2. The molecule has 0 bridgehead atoms. The highest BCUT2D eigenvalue weighted by Gasteiger charge is 2.13.